The summed E-state index contributed by atoms with van der Waals surface area (Å²) in [5.74, 6) is 0.965. The first-order chi connectivity index (χ1) is 7.86. The van der Waals surface area contributed by atoms with Crippen LogP contribution in [0, 0.1) is 5.92 Å². The van der Waals surface area contributed by atoms with Crippen LogP contribution < -0.4 is 5.32 Å². The summed E-state index contributed by atoms with van der Waals surface area (Å²) in [4.78, 5) is 2.61. The molecule has 16 heavy (non-hydrogen) atoms. The molecule has 1 heterocycles. The van der Waals surface area contributed by atoms with Gasteiger partial charge in [0.25, 0.3) is 0 Å². The standard InChI is InChI=1S/C14H28N2/c1-13(14-7-2-3-8-14)15-9-6-12-16-10-4-5-11-16/h13-15H,2-12H2,1H3/t13-/m1/s1. The molecule has 0 spiro atoms. The minimum atomic E-state index is 0.751. The van der Waals surface area contributed by atoms with E-state index in [-0.39, 0.29) is 0 Å². The van der Waals surface area contributed by atoms with Crippen LogP contribution in [0.15, 0.2) is 0 Å². The summed E-state index contributed by atoms with van der Waals surface area (Å²) in [5, 5.41) is 3.72. The van der Waals surface area contributed by atoms with Crippen molar-refractivity contribution in [1.29, 1.82) is 0 Å². The molecule has 1 atom stereocenters. The largest absolute Gasteiger partial charge is 0.314 e. The van der Waals surface area contributed by atoms with Crippen LogP contribution in [-0.4, -0.2) is 37.1 Å². The fraction of sp³-hybridized carbons (Fsp3) is 1.00. The fourth-order valence-electron chi connectivity index (χ4n) is 3.26. The molecule has 2 nitrogen and oxygen atoms in total. The van der Waals surface area contributed by atoms with Crippen molar-refractivity contribution in [2.24, 2.45) is 5.92 Å². The maximum Gasteiger partial charge on any atom is 0.00670 e. The van der Waals surface area contributed by atoms with Crippen LogP contribution in [-0.2, 0) is 0 Å². The summed E-state index contributed by atoms with van der Waals surface area (Å²) in [6, 6.07) is 0.751. The van der Waals surface area contributed by atoms with Crippen molar-refractivity contribution in [2.75, 3.05) is 26.2 Å². The van der Waals surface area contributed by atoms with E-state index in [9.17, 15) is 0 Å². The topological polar surface area (TPSA) is 15.3 Å². The molecular weight excluding hydrogens is 196 g/mol. The lowest BCUT2D eigenvalue weighted by molar-refractivity contribution is 0.317. The van der Waals surface area contributed by atoms with Gasteiger partial charge in [-0.3, -0.25) is 0 Å². The molecule has 1 aliphatic heterocycles. The van der Waals surface area contributed by atoms with Crippen molar-refractivity contribution in [1.82, 2.24) is 10.2 Å². The number of hydrogen-bond acceptors (Lipinski definition) is 2. The van der Waals surface area contributed by atoms with Crippen molar-refractivity contribution in [3.8, 4) is 0 Å². The highest BCUT2D eigenvalue weighted by Crippen LogP contribution is 2.27. The first kappa shape index (κ1) is 12.4. The van der Waals surface area contributed by atoms with Gasteiger partial charge in [-0.2, -0.15) is 0 Å². The lowest BCUT2D eigenvalue weighted by Crippen LogP contribution is -2.34. The van der Waals surface area contributed by atoms with Crippen LogP contribution in [0.4, 0.5) is 0 Å². The molecule has 0 unspecified atom stereocenters. The van der Waals surface area contributed by atoms with E-state index in [1.807, 2.05) is 0 Å². The minimum Gasteiger partial charge on any atom is -0.314 e. The maximum absolute atomic E-state index is 3.72. The monoisotopic (exact) mass is 224 g/mol. The highest BCUT2D eigenvalue weighted by molar-refractivity contribution is 4.77. The molecule has 1 saturated carbocycles. The van der Waals surface area contributed by atoms with Crippen molar-refractivity contribution in [3.63, 3.8) is 0 Å². The molecule has 0 radical (unpaired) electrons. The van der Waals surface area contributed by atoms with Crippen LogP contribution in [0.25, 0.3) is 0 Å². The zero-order chi connectivity index (χ0) is 11.2. The van der Waals surface area contributed by atoms with E-state index in [0.717, 1.165) is 12.0 Å². The van der Waals surface area contributed by atoms with Crippen LogP contribution in [0.2, 0.25) is 0 Å². The lowest BCUT2D eigenvalue weighted by Gasteiger charge is -2.21. The number of hydrogen-bond donors (Lipinski definition) is 1. The van der Waals surface area contributed by atoms with Crippen molar-refractivity contribution in [3.05, 3.63) is 0 Å². The molecule has 2 rings (SSSR count). The van der Waals surface area contributed by atoms with Gasteiger partial charge in [-0.25, -0.2) is 0 Å². The highest BCUT2D eigenvalue weighted by atomic mass is 15.1. The third-order valence-corrected chi connectivity index (χ3v) is 4.42. The summed E-state index contributed by atoms with van der Waals surface area (Å²) in [6.45, 7) is 7.60. The SMILES string of the molecule is C[C@@H](NCCCN1CCCC1)C1CCCC1. The lowest BCUT2D eigenvalue weighted by atomic mass is 10.00. The molecule has 2 aliphatic rings. The summed E-state index contributed by atoms with van der Waals surface area (Å²) in [7, 11) is 0. The summed E-state index contributed by atoms with van der Waals surface area (Å²) >= 11 is 0. The zero-order valence-corrected chi connectivity index (χ0v) is 10.9. The predicted octanol–water partition coefficient (Wildman–Crippen LogP) is 2.64. The molecule has 2 fully saturated rings. The Hall–Kier alpha value is -0.0800. The van der Waals surface area contributed by atoms with E-state index < -0.39 is 0 Å². The predicted molar refractivity (Wildman–Crippen MR) is 69.7 cm³/mol. The van der Waals surface area contributed by atoms with Gasteiger partial charge in [0.2, 0.25) is 0 Å². The van der Waals surface area contributed by atoms with Gasteiger partial charge in [-0.05, 0) is 71.1 Å². The van der Waals surface area contributed by atoms with Gasteiger partial charge in [0.05, 0.1) is 0 Å². The van der Waals surface area contributed by atoms with Crippen LogP contribution in [0.5, 0.6) is 0 Å². The second-order valence-electron chi connectivity index (χ2n) is 5.69. The Balaban J connectivity index is 1.50. The third-order valence-electron chi connectivity index (χ3n) is 4.42. The summed E-state index contributed by atoms with van der Waals surface area (Å²) in [6.07, 6.45) is 10.0. The first-order valence-corrected chi connectivity index (χ1v) is 7.32. The third kappa shape index (κ3) is 3.74. The van der Waals surface area contributed by atoms with E-state index in [0.29, 0.717) is 0 Å². The summed E-state index contributed by atoms with van der Waals surface area (Å²) in [5.41, 5.74) is 0. The van der Waals surface area contributed by atoms with Crippen molar-refractivity contribution < 1.29 is 0 Å². The zero-order valence-electron chi connectivity index (χ0n) is 10.9. The molecule has 0 aromatic heterocycles. The normalized spacial score (nSPS) is 25.3. The molecule has 1 aliphatic carbocycles. The van der Waals surface area contributed by atoms with E-state index in [1.165, 1.54) is 71.1 Å². The quantitative estimate of drug-likeness (QED) is 0.698. The van der Waals surface area contributed by atoms with Gasteiger partial charge < -0.3 is 10.2 Å². The Morgan fingerprint density at radius 1 is 1.12 bits per heavy atom. The van der Waals surface area contributed by atoms with Gasteiger partial charge in [0, 0.05) is 6.04 Å². The Labute approximate surface area is 101 Å². The van der Waals surface area contributed by atoms with Gasteiger partial charge in [0.15, 0.2) is 0 Å². The molecular formula is C14H28N2. The average Bonchev–Trinajstić information content (AvgIpc) is 2.96. The average molecular weight is 224 g/mol. The van der Waals surface area contributed by atoms with Crippen LogP contribution in [0.1, 0.15) is 51.9 Å². The number of nitrogens with one attached hydrogen (secondary N) is 1. The minimum absolute atomic E-state index is 0.751. The molecule has 0 aromatic carbocycles. The number of likely N-dealkylation sites (tertiary alicyclic amines) is 1. The van der Waals surface area contributed by atoms with Crippen molar-refractivity contribution in [2.45, 2.75) is 57.9 Å². The Morgan fingerprint density at radius 2 is 1.81 bits per heavy atom. The first-order valence-electron chi connectivity index (χ1n) is 7.32. The molecule has 0 amide bonds. The molecule has 94 valence electrons. The smallest absolute Gasteiger partial charge is 0.00670 e. The van der Waals surface area contributed by atoms with E-state index in [4.69, 9.17) is 0 Å². The van der Waals surface area contributed by atoms with Crippen molar-refractivity contribution >= 4 is 0 Å². The van der Waals surface area contributed by atoms with E-state index in [2.05, 4.69) is 17.1 Å². The maximum atomic E-state index is 3.72. The molecule has 0 aromatic rings. The van der Waals surface area contributed by atoms with Gasteiger partial charge >= 0.3 is 0 Å². The second-order valence-corrected chi connectivity index (χ2v) is 5.69. The molecule has 1 saturated heterocycles. The fourth-order valence-corrected chi connectivity index (χ4v) is 3.26. The van der Waals surface area contributed by atoms with Crippen LogP contribution >= 0.6 is 0 Å². The second kappa shape index (κ2) is 6.61. The van der Waals surface area contributed by atoms with E-state index in [1.54, 1.807) is 0 Å². The van der Waals surface area contributed by atoms with Gasteiger partial charge in [0.1, 0.15) is 0 Å². The Kier molecular flexibility index (Phi) is 5.11. The van der Waals surface area contributed by atoms with Gasteiger partial charge in [-0.1, -0.05) is 12.8 Å². The van der Waals surface area contributed by atoms with Crippen LogP contribution in [0.3, 0.4) is 0 Å². The molecule has 0 bridgehead atoms. The molecule has 2 heteroatoms. The number of rotatable bonds is 6. The number of nitrogens with zero attached hydrogens (tertiary/aromatic N) is 1. The Bertz CT molecular complexity index is 181. The Morgan fingerprint density at radius 3 is 2.50 bits per heavy atom. The molecule has 1 N–H and O–H groups in total. The highest BCUT2D eigenvalue weighted by Gasteiger charge is 2.20. The van der Waals surface area contributed by atoms with E-state index >= 15 is 0 Å². The summed E-state index contributed by atoms with van der Waals surface area (Å²) < 4.78 is 0. The van der Waals surface area contributed by atoms with Gasteiger partial charge in [-0.15, -0.1) is 0 Å².